The summed E-state index contributed by atoms with van der Waals surface area (Å²) in [5, 5.41) is 0. The van der Waals surface area contributed by atoms with Crippen LogP contribution < -0.4 is 10.6 Å². The summed E-state index contributed by atoms with van der Waals surface area (Å²) in [5.41, 5.74) is 5.27. The van der Waals surface area contributed by atoms with Crippen molar-refractivity contribution in [3.63, 3.8) is 0 Å². The summed E-state index contributed by atoms with van der Waals surface area (Å²) in [5.74, 6) is -1.35. The fraction of sp³-hybridized carbons (Fsp3) is 0.381. The van der Waals surface area contributed by atoms with Gasteiger partial charge < -0.3 is 20.1 Å². The Labute approximate surface area is 176 Å². The van der Waals surface area contributed by atoms with Gasteiger partial charge in [0, 0.05) is 35.6 Å². The van der Waals surface area contributed by atoms with Gasteiger partial charge in [-0.15, -0.1) is 0 Å². The topological polar surface area (TPSA) is 98.9 Å². The Bertz CT molecular complexity index is 1060. The minimum atomic E-state index is -1.69. The van der Waals surface area contributed by atoms with Crippen LogP contribution in [0, 0.1) is 5.41 Å². The molecule has 1 aromatic carbocycles. The molecule has 0 radical (unpaired) electrons. The van der Waals surface area contributed by atoms with Gasteiger partial charge in [0.05, 0.1) is 12.7 Å². The van der Waals surface area contributed by atoms with Gasteiger partial charge in [-0.2, -0.15) is 0 Å². The molecule has 0 fully saturated rings. The van der Waals surface area contributed by atoms with Crippen LogP contribution in [0.3, 0.4) is 0 Å². The number of carbonyl (C=O) groups excluding carboxylic acids is 3. The van der Waals surface area contributed by atoms with Crippen LogP contribution in [0.15, 0.2) is 45.5 Å². The molecule has 4 rings (SSSR count). The third kappa shape index (κ3) is 2.51. The number of hydrogen-bond acceptors (Lipinski definition) is 6. The maximum absolute atomic E-state index is 13.8. The second-order valence-corrected chi connectivity index (χ2v) is 9.26. The van der Waals surface area contributed by atoms with Crippen molar-refractivity contribution in [3.05, 3.63) is 51.0 Å². The zero-order chi connectivity index (χ0) is 21.3. The number of ether oxygens (including phenoxy) is 2. The van der Waals surface area contributed by atoms with E-state index in [1.54, 1.807) is 25.2 Å². The quantitative estimate of drug-likeness (QED) is 0.646. The lowest BCUT2D eigenvalue weighted by Gasteiger charge is -2.42. The number of likely N-dealkylation sites (N-methyl/N-ethyl adjacent to an activating group) is 1. The second kappa shape index (κ2) is 6.19. The fourth-order valence-electron chi connectivity index (χ4n) is 4.68. The number of hydrogen-bond donors (Lipinski definition) is 1. The van der Waals surface area contributed by atoms with Gasteiger partial charge in [0.15, 0.2) is 5.78 Å². The van der Waals surface area contributed by atoms with Crippen LogP contribution in [-0.4, -0.2) is 31.8 Å². The number of rotatable bonds is 1. The van der Waals surface area contributed by atoms with Crippen LogP contribution in [0.1, 0.15) is 32.3 Å². The predicted octanol–water partition coefficient (Wildman–Crippen LogP) is 2.68. The average molecular weight is 461 g/mol. The molecule has 0 aromatic heterocycles. The largest absolute Gasteiger partial charge is 0.465 e. The third-order valence-electron chi connectivity index (χ3n) is 5.80. The van der Waals surface area contributed by atoms with Crippen LogP contribution in [0.5, 0.6) is 0 Å². The minimum absolute atomic E-state index is 0.152. The molecular formula is C21H21BrN2O5. The summed E-state index contributed by atoms with van der Waals surface area (Å²) < 4.78 is 11.4. The Hall–Kier alpha value is -2.61. The maximum Gasteiger partial charge on any atom is 0.340 e. The van der Waals surface area contributed by atoms with Gasteiger partial charge in [-0.05, 0) is 23.6 Å². The fourth-order valence-corrected chi connectivity index (χ4v) is 5.04. The molecule has 1 aliphatic carbocycles. The summed E-state index contributed by atoms with van der Waals surface area (Å²) in [7, 11) is 2.82. The van der Waals surface area contributed by atoms with Crippen molar-refractivity contribution in [2.45, 2.75) is 32.1 Å². The highest BCUT2D eigenvalue weighted by Gasteiger charge is 2.64. The molecule has 1 amide bonds. The van der Waals surface area contributed by atoms with E-state index in [-0.39, 0.29) is 34.6 Å². The first-order valence-corrected chi connectivity index (χ1v) is 9.95. The number of amides is 1. The summed E-state index contributed by atoms with van der Waals surface area (Å²) >= 11 is 3.44. The zero-order valence-corrected chi connectivity index (χ0v) is 18.2. The van der Waals surface area contributed by atoms with Gasteiger partial charge in [0.1, 0.15) is 16.7 Å². The molecule has 2 N–H and O–H groups in total. The zero-order valence-electron chi connectivity index (χ0n) is 16.6. The van der Waals surface area contributed by atoms with E-state index < -0.39 is 17.3 Å². The van der Waals surface area contributed by atoms with Crippen LogP contribution in [-0.2, 0) is 29.3 Å². The summed E-state index contributed by atoms with van der Waals surface area (Å²) in [4.78, 5) is 41.4. The van der Waals surface area contributed by atoms with Crippen LogP contribution >= 0.6 is 15.9 Å². The van der Waals surface area contributed by atoms with E-state index in [9.17, 15) is 14.4 Å². The van der Waals surface area contributed by atoms with Gasteiger partial charge in [0.2, 0.25) is 11.8 Å². The number of methoxy groups -OCH3 is 1. The molecule has 29 heavy (non-hydrogen) atoms. The first kappa shape index (κ1) is 19.7. The molecule has 8 heteroatoms. The number of benzene rings is 1. The number of allylic oxidation sites excluding steroid dienone is 1. The number of fused-ring (bicyclic) bond motifs is 3. The van der Waals surface area contributed by atoms with E-state index >= 15 is 0 Å². The molecule has 2 aliphatic heterocycles. The van der Waals surface area contributed by atoms with Crippen molar-refractivity contribution in [3.8, 4) is 0 Å². The number of Topliss-reactive ketones (excluding diaryl/α,β-unsaturated/α-hetero) is 1. The van der Waals surface area contributed by atoms with Crippen molar-refractivity contribution in [2.24, 2.45) is 11.1 Å². The first-order chi connectivity index (χ1) is 13.5. The predicted molar refractivity (Wildman–Crippen MR) is 109 cm³/mol. The Balaban J connectivity index is 2.14. The van der Waals surface area contributed by atoms with Gasteiger partial charge in [-0.25, -0.2) is 4.79 Å². The minimum Gasteiger partial charge on any atom is -0.465 e. The number of esters is 1. The number of nitrogens with zero attached hydrogens (tertiary/aromatic N) is 1. The van der Waals surface area contributed by atoms with E-state index in [1.807, 2.05) is 13.8 Å². The van der Waals surface area contributed by atoms with Crippen LogP contribution in [0.4, 0.5) is 5.69 Å². The van der Waals surface area contributed by atoms with Gasteiger partial charge in [0.25, 0.3) is 0 Å². The molecular weight excluding hydrogens is 440 g/mol. The first-order valence-electron chi connectivity index (χ1n) is 9.16. The van der Waals surface area contributed by atoms with E-state index in [4.69, 9.17) is 15.2 Å². The molecule has 2 heterocycles. The lowest BCUT2D eigenvalue weighted by molar-refractivity contribution is -0.139. The smallest absolute Gasteiger partial charge is 0.340 e. The molecule has 0 saturated heterocycles. The van der Waals surface area contributed by atoms with Crippen molar-refractivity contribution in [2.75, 3.05) is 19.1 Å². The van der Waals surface area contributed by atoms with Gasteiger partial charge >= 0.3 is 5.97 Å². The standard InChI is InChI=1S/C21H21BrN2O5/c1-20(2)8-13(25)15-14(9-20)29-17(23)16(18(26)28-4)21(15)11-7-10(22)5-6-12(11)24(3)19(21)27/h5-7H,8-9,23H2,1-4H3. The number of ketones is 1. The van der Waals surface area contributed by atoms with Gasteiger partial charge in [-0.1, -0.05) is 29.8 Å². The SMILES string of the molecule is COC(=O)C1=C(N)OC2=C(C(=O)CC(C)(C)C2)C12C(=O)N(C)c1ccc(Br)cc12. The monoisotopic (exact) mass is 460 g/mol. The lowest BCUT2D eigenvalue weighted by atomic mass is 9.62. The maximum atomic E-state index is 13.8. The Kier molecular flexibility index (Phi) is 4.21. The van der Waals surface area contributed by atoms with E-state index in [0.717, 1.165) is 0 Å². The lowest BCUT2D eigenvalue weighted by Crippen LogP contribution is -2.51. The summed E-state index contributed by atoms with van der Waals surface area (Å²) in [6.45, 7) is 3.90. The number of carbonyl (C=O) groups is 3. The highest BCUT2D eigenvalue weighted by atomic mass is 79.9. The van der Waals surface area contributed by atoms with Crippen LogP contribution in [0.2, 0.25) is 0 Å². The van der Waals surface area contributed by atoms with Crippen molar-refractivity contribution >= 4 is 39.3 Å². The van der Waals surface area contributed by atoms with E-state index in [0.29, 0.717) is 27.9 Å². The van der Waals surface area contributed by atoms with E-state index in [1.165, 1.54) is 12.0 Å². The summed E-state index contributed by atoms with van der Waals surface area (Å²) in [6.07, 6.45) is 0.650. The normalized spacial score (nSPS) is 25.2. The summed E-state index contributed by atoms with van der Waals surface area (Å²) in [6, 6.07) is 5.31. The van der Waals surface area contributed by atoms with Gasteiger partial charge in [-0.3, -0.25) is 9.59 Å². The molecule has 0 bridgehead atoms. The Morgan fingerprint density at radius 2 is 1.97 bits per heavy atom. The third-order valence-corrected chi connectivity index (χ3v) is 6.30. The molecule has 152 valence electrons. The molecule has 1 spiro atoms. The molecule has 1 aromatic rings. The van der Waals surface area contributed by atoms with Crippen LogP contribution in [0.25, 0.3) is 0 Å². The number of anilines is 1. The molecule has 1 atom stereocenters. The molecule has 7 nitrogen and oxygen atoms in total. The highest BCUT2D eigenvalue weighted by molar-refractivity contribution is 9.10. The van der Waals surface area contributed by atoms with E-state index in [2.05, 4.69) is 15.9 Å². The number of nitrogens with two attached hydrogens (primary N) is 1. The van der Waals surface area contributed by atoms with Crippen molar-refractivity contribution < 1.29 is 23.9 Å². The number of halogens is 1. The molecule has 3 aliphatic rings. The Morgan fingerprint density at radius 3 is 2.62 bits per heavy atom. The second-order valence-electron chi connectivity index (χ2n) is 8.35. The molecule has 0 saturated carbocycles. The van der Waals surface area contributed by atoms with Crippen molar-refractivity contribution in [1.82, 2.24) is 0 Å². The Morgan fingerprint density at radius 1 is 1.28 bits per heavy atom. The highest BCUT2D eigenvalue weighted by Crippen LogP contribution is 2.57. The van der Waals surface area contributed by atoms with Crippen molar-refractivity contribution in [1.29, 1.82) is 0 Å². The molecule has 1 unspecified atom stereocenters. The average Bonchev–Trinajstić information content (AvgIpc) is 2.82.